The fourth-order valence-electron chi connectivity index (χ4n) is 2.76. The number of aromatic nitrogens is 2. The van der Waals surface area contributed by atoms with Crippen molar-refractivity contribution in [3.63, 3.8) is 0 Å². The molecule has 2 heterocycles. The highest BCUT2D eigenvalue weighted by Gasteiger charge is 2.41. The highest BCUT2D eigenvalue weighted by molar-refractivity contribution is 6.67. The van der Waals surface area contributed by atoms with E-state index in [0.717, 1.165) is 11.1 Å². The summed E-state index contributed by atoms with van der Waals surface area (Å²) in [7, 11) is 0. The Labute approximate surface area is 138 Å². The lowest BCUT2D eigenvalue weighted by Gasteiger charge is -2.16. The summed E-state index contributed by atoms with van der Waals surface area (Å²) in [4.78, 5) is 23.5. The lowest BCUT2D eigenvalue weighted by molar-refractivity contribution is -0.143. The van der Waals surface area contributed by atoms with Crippen LogP contribution in [0.15, 0.2) is 24.4 Å². The van der Waals surface area contributed by atoms with E-state index in [1.165, 1.54) is 18.2 Å². The molecule has 1 N–H and O–H groups in total. The molecule has 0 atom stereocenters. The van der Waals surface area contributed by atoms with Gasteiger partial charge in [-0.1, -0.05) is 6.07 Å². The van der Waals surface area contributed by atoms with Gasteiger partial charge in [0.25, 0.3) is 5.24 Å². The first-order chi connectivity index (χ1) is 11.2. The van der Waals surface area contributed by atoms with E-state index in [9.17, 15) is 22.8 Å². The Kier molecular flexibility index (Phi) is 3.75. The Morgan fingerprint density at radius 2 is 1.92 bits per heavy atom. The van der Waals surface area contributed by atoms with Crippen LogP contribution in [0.2, 0.25) is 0 Å². The van der Waals surface area contributed by atoms with Gasteiger partial charge in [-0.25, -0.2) is 9.48 Å². The maximum Gasteiger partial charge on any atom is 0.434 e. The van der Waals surface area contributed by atoms with Crippen molar-refractivity contribution < 1.29 is 27.9 Å². The molecule has 0 radical (unpaired) electrons. The maximum absolute atomic E-state index is 13.4. The highest BCUT2D eigenvalue weighted by Crippen LogP contribution is 2.38. The number of amides is 1. The van der Waals surface area contributed by atoms with Crippen molar-refractivity contribution in [2.75, 3.05) is 11.4 Å². The molecule has 3 rings (SSSR count). The van der Waals surface area contributed by atoms with Crippen LogP contribution in [0.5, 0.6) is 0 Å². The van der Waals surface area contributed by atoms with Crippen molar-refractivity contribution in [1.29, 1.82) is 0 Å². The number of benzene rings is 1. The molecule has 1 aromatic heterocycles. The molecular formula is C14H9ClF3N3O3. The van der Waals surface area contributed by atoms with Gasteiger partial charge >= 0.3 is 12.3 Å². The zero-order valence-corrected chi connectivity index (χ0v) is 12.6. The van der Waals surface area contributed by atoms with Gasteiger partial charge in [-0.05, 0) is 30.2 Å². The molecule has 126 valence electrons. The summed E-state index contributed by atoms with van der Waals surface area (Å²) in [6.07, 6.45) is -5.07. The summed E-state index contributed by atoms with van der Waals surface area (Å²) in [5.41, 5.74) is -1.28. The van der Waals surface area contributed by atoms with Crippen LogP contribution in [-0.4, -0.2) is 32.8 Å². The highest BCUT2D eigenvalue weighted by atomic mass is 35.5. The second-order valence-electron chi connectivity index (χ2n) is 5.05. The number of hydrogen-bond donors (Lipinski definition) is 1. The molecule has 0 spiro atoms. The Morgan fingerprint density at radius 3 is 2.50 bits per heavy atom. The van der Waals surface area contributed by atoms with Gasteiger partial charge in [-0.15, -0.1) is 0 Å². The normalized spacial score (nSPS) is 13.9. The predicted molar refractivity (Wildman–Crippen MR) is 77.8 cm³/mol. The van der Waals surface area contributed by atoms with E-state index in [1.807, 2.05) is 0 Å². The minimum atomic E-state index is -4.86. The predicted octanol–water partition coefficient (Wildman–Crippen LogP) is 3.31. The molecule has 0 fully saturated rings. The van der Waals surface area contributed by atoms with E-state index >= 15 is 0 Å². The van der Waals surface area contributed by atoms with Gasteiger partial charge in [0, 0.05) is 12.1 Å². The van der Waals surface area contributed by atoms with E-state index in [1.54, 1.807) is 0 Å². The van der Waals surface area contributed by atoms with Crippen LogP contribution in [-0.2, 0) is 12.6 Å². The van der Waals surface area contributed by atoms with Gasteiger partial charge in [-0.2, -0.15) is 18.3 Å². The van der Waals surface area contributed by atoms with Gasteiger partial charge in [0.05, 0.1) is 23.1 Å². The molecular weight excluding hydrogens is 351 g/mol. The molecule has 6 nitrogen and oxygen atoms in total. The second-order valence-corrected chi connectivity index (χ2v) is 5.39. The van der Waals surface area contributed by atoms with Crippen LogP contribution in [0.1, 0.15) is 21.6 Å². The molecule has 10 heteroatoms. The summed E-state index contributed by atoms with van der Waals surface area (Å²) in [6, 6.07) is 4.32. The van der Waals surface area contributed by atoms with Crippen molar-refractivity contribution in [2.24, 2.45) is 0 Å². The molecule has 2 aromatic rings. The number of rotatable bonds is 2. The molecule has 0 bridgehead atoms. The minimum absolute atomic E-state index is 0.0627. The molecule has 1 amide bonds. The van der Waals surface area contributed by atoms with E-state index in [-0.39, 0.29) is 18.7 Å². The zero-order chi connectivity index (χ0) is 17.6. The van der Waals surface area contributed by atoms with Crippen LogP contribution < -0.4 is 4.90 Å². The topological polar surface area (TPSA) is 75.4 Å². The number of nitrogens with zero attached hydrogens (tertiary/aromatic N) is 3. The summed E-state index contributed by atoms with van der Waals surface area (Å²) < 4.78 is 40.7. The monoisotopic (exact) mass is 359 g/mol. The number of anilines is 1. The first-order valence-corrected chi connectivity index (χ1v) is 7.07. The van der Waals surface area contributed by atoms with Crippen LogP contribution in [0, 0.1) is 0 Å². The maximum atomic E-state index is 13.4. The standard InChI is InChI=1S/C14H9ClF3N3O3/c15-12(22)8-6-19-21(11(8)14(16,17)18)10-3-1-2-9-7(10)4-5-20(9)13(23)24/h1-3,6H,4-5H2,(H,23,24). The lowest BCUT2D eigenvalue weighted by Crippen LogP contribution is -2.26. The van der Waals surface area contributed by atoms with E-state index < -0.39 is 28.8 Å². The lowest BCUT2D eigenvalue weighted by atomic mass is 10.1. The van der Waals surface area contributed by atoms with Crippen molar-refractivity contribution in [2.45, 2.75) is 12.6 Å². The number of carboxylic acid groups (broad SMARTS) is 1. The first kappa shape index (κ1) is 16.3. The molecule has 0 unspecified atom stereocenters. The van der Waals surface area contributed by atoms with Crippen molar-refractivity contribution in [3.8, 4) is 5.69 Å². The van der Waals surface area contributed by atoms with Gasteiger partial charge in [-0.3, -0.25) is 9.69 Å². The second kappa shape index (κ2) is 5.52. The van der Waals surface area contributed by atoms with Crippen LogP contribution in [0.3, 0.4) is 0 Å². The Hall–Kier alpha value is -2.55. The Balaban J connectivity index is 2.23. The zero-order valence-electron chi connectivity index (χ0n) is 11.8. The fourth-order valence-corrected chi connectivity index (χ4v) is 2.90. The third-order valence-corrected chi connectivity index (χ3v) is 3.91. The summed E-state index contributed by atoms with van der Waals surface area (Å²) in [5.74, 6) is 0. The molecule has 1 aliphatic rings. The number of carbonyl (C=O) groups is 2. The number of hydrogen-bond acceptors (Lipinski definition) is 3. The SMILES string of the molecule is O=C(Cl)c1cnn(-c2cccc3c2CCN3C(=O)O)c1C(F)(F)F. The first-order valence-electron chi connectivity index (χ1n) is 6.69. The number of alkyl halides is 3. The van der Waals surface area contributed by atoms with Crippen LogP contribution in [0.4, 0.5) is 23.7 Å². The van der Waals surface area contributed by atoms with Crippen molar-refractivity contribution in [3.05, 3.63) is 41.2 Å². The number of fused-ring (bicyclic) bond motifs is 1. The van der Waals surface area contributed by atoms with Crippen molar-refractivity contribution in [1.82, 2.24) is 9.78 Å². The van der Waals surface area contributed by atoms with E-state index in [0.29, 0.717) is 15.9 Å². The largest absolute Gasteiger partial charge is 0.465 e. The van der Waals surface area contributed by atoms with Crippen molar-refractivity contribution >= 4 is 28.6 Å². The summed E-state index contributed by atoms with van der Waals surface area (Å²) in [5, 5.41) is 11.5. The van der Waals surface area contributed by atoms with Gasteiger partial charge in [0.2, 0.25) is 0 Å². The number of halogens is 4. The third kappa shape index (κ3) is 2.50. The third-order valence-electron chi connectivity index (χ3n) is 3.71. The fraction of sp³-hybridized carbons (Fsp3) is 0.214. The summed E-state index contributed by atoms with van der Waals surface area (Å²) in [6.45, 7) is 0.131. The molecule has 0 saturated heterocycles. The molecule has 0 saturated carbocycles. The average molecular weight is 360 g/mol. The minimum Gasteiger partial charge on any atom is -0.465 e. The van der Waals surface area contributed by atoms with E-state index in [2.05, 4.69) is 5.10 Å². The molecule has 0 aliphatic carbocycles. The van der Waals surface area contributed by atoms with Crippen LogP contribution >= 0.6 is 11.6 Å². The van der Waals surface area contributed by atoms with Gasteiger partial charge in [0.15, 0.2) is 5.69 Å². The molecule has 24 heavy (non-hydrogen) atoms. The van der Waals surface area contributed by atoms with Gasteiger partial charge < -0.3 is 5.11 Å². The smallest absolute Gasteiger partial charge is 0.434 e. The molecule has 1 aromatic carbocycles. The Morgan fingerprint density at radius 1 is 1.25 bits per heavy atom. The number of carbonyl (C=O) groups excluding carboxylic acids is 1. The van der Waals surface area contributed by atoms with Crippen LogP contribution in [0.25, 0.3) is 5.69 Å². The average Bonchev–Trinajstić information content (AvgIpc) is 3.10. The summed E-state index contributed by atoms with van der Waals surface area (Å²) >= 11 is 5.22. The molecule has 1 aliphatic heterocycles. The Bertz CT molecular complexity index is 848. The quantitative estimate of drug-likeness (QED) is 0.835. The van der Waals surface area contributed by atoms with E-state index in [4.69, 9.17) is 16.7 Å². The van der Waals surface area contributed by atoms with Gasteiger partial charge in [0.1, 0.15) is 0 Å².